The van der Waals surface area contributed by atoms with E-state index in [1.54, 1.807) is 13.8 Å². The molecule has 3 rings (SSSR count). The highest BCUT2D eigenvalue weighted by Crippen LogP contribution is 2.18. The highest BCUT2D eigenvalue weighted by Gasteiger charge is 2.37. The third kappa shape index (κ3) is 17.5. The van der Waals surface area contributed by atoms with Crippen molar-refractivity contribution < 1.29 is 78.6 Å². The lowest BCUT2D eigenvalue weighted by atomic mass is 9.96. The molecular formula is C46H66N10O16. The molecule has 16 N–H and O–H groups in total. The van der Waals surface area contributed by atoms with Gasteiger partial charge in [0.2, 0.25) is 53.2 Å². The molecule has 10 atom stereocenters. The van der Waals surface area contributed by atoms with Crippen molar-refractivity contribution in [2.75, 3.05) is 32.9 Å². The summed E-state index contributed by atoms with van der Waals surface area (Å²) >= 11 is 0. The van der Waals surface area contributed by atoms with Gasteiger partial charge in [0.15, 0.2) is 0 Å². The number of hydrogen-bond donors (Lipinski definition) is 15. The number of nitrogens with one attached hydrogen (secondary N) is 8. The number of phenolic OH excluding ortho intramolecular Hbond substituents is 2. The summed E-state index contributed by atoms with van der Waals surface area (Å²) in [6, 6.07) is -1.80. The van der Waals surface area contributed by atoms with E-state index >= 15 is 0 Å². The van der Waals surface area contributed by atoms with Gasteiger partial charge in [-0.15, -0.1) is 0 Å². The summed E-state index contributed by atoms with van der Waals surface area (Å²) in [6.07, 6.45) is 0.718. The molecule has 0 aliphatic carbocycles. The fourth-order valence-corrected chi connectivity index (χ4v) is 7.29. The number of carbonyl (C=O) groups is 10. The van der Waals surface area contributed by atoms with E-state index in [0.717, 1.165) is 6.92 Å². The number of carboxylic acids is 1. The molecule has 1 aliphatic rings. The van der Waals surface area contributed by atoms with Crippen LogP contribution in [0.5, 0.6) is 11.5 Å². The van der Waals surface area contributed by atoms with Gasteiger partial charge in [-0.3, -0.25) is 43.2 Å². The van der Waals surface area contributed by atoms with Crippen LogP contribution in [0.4, 0.5) is 0 Å². The molecule has 0 saturated carbocycles. The number of carboxylic acid groups (broad SMARTS) is 1. The number of benzene rings is 2. The van der Waals surface area contributed by atoms with Crippen molar-refractivity contribution >= 4 is 59.1 Å². The van der Waals surface area contributed by atoms with Crippen LogP contribution in [0, 0.1) is 5.92 Å². The van der Waals surface area contributed by atoms with E-state index in [1.807, 2.05) is 5.32 Å². The second-order valence-corrected chi connectivity index (χ2v) is 17.2. The number of aromatic hydroxyl groups is 2. The Bertz CT molecular complexity index is 2230. The molecule has 0 radical (unpaired) electrons. The summed E-state index contributed by atoms with van der Waals surface area (Å²) in [5.74, 6) is -10.4. The van der Waals surface area contributed by atoms with Crippen LogP contribution in [-0.4, -0.2) is 182 Å². The molecule has 9 amide bonds. The Morgan fingerprint density at radius 3 is 1.43 bits per heavy atom. The zero-order chi connectivity index (χ0) is 53.8. The van der Waals surface area contributed by atoms with Crippen LogP contribution in [0.2, 0.25) is 0 Å². The molecule has 396 valence electrons. The van der Waals surface area contributed by atoms with Gasteiger partial charge in [0.05, 0.1) is 26.4 Å². The number of carbonyl (C=O) groups excluding carboxylic acids is 9. The van der Waals surface area contributed by atoms with Crippen LogP contribution in [0.3, 0.4) is 0 Å². The van der Waals surface area contributed by atoms with E-state index in [2.05, 4.69) is 37.2 Å². The van der Waals surface area contributed by atoms with Gasteiger partial charge in [0, 0.05) is 19.4 Å². The SMILES string of the molecule is CC[C@H](C)[C@H](NC(=O)[C@H](Cc1ccc(O)cc1)NC(=O)[C@H](Cc1ccc(O)cc1)NC(=O)[C@H](C)NC(=O)[C@@H]1CCCN1C(=O)CN)C(=O)N[C@@H](CO)C(=O)N[C@@H](C)C(=O)N[C@@H](CO)C(=O)N[C@@H](CO)C(=O)O. The molecule has 0 unspecified atom stereocenters. The molecule has 26 heteroatoms. The number of nitrogens with two attached hydrogens (primary N) is 1. The molecule has 1 heterocycles. The molecule has 1 fully saturated rings. The van der Waals surface area contributed by atoms with Crippen molar-refractivity contribution in [3.8, 4) is 11.5 Å². The first-order chi connectivity index (χ1) is 34.1. The van der Waals surface area contributed by atoms with Gasteiger partial charge in [-0.1, -0.05) is 44.5 Å². The smallest absolute Gasteiger partial charge is 0.328 e. The average molecular weight is 1020 g/mol. The van der Waals surface area contributed by atoms with Crippen LogP contribution >= 0.6 is 0 Å². The van der Waals surface area contributed by atoms with Crippen LogP contribution in [-0.2, 0) is 60.8 Å². The molecule has 2 aromatic rings. The third-order valence-corrected chi connectivity index (χ3v) is 11.8. The van der Waals surface area contributed by atoms with Crippen molar-refractivity contribution in [2.45, 2.75) is 114 Å². The van der Waals surface area contributed by atoms with E-state index in [1.165, 1.54) is 60.4 Å². The van der Waals surface area contributed by atoms with E-state index in [4.69, 9.17) is 10.8 Å². The Balaban J connectivity index is 1.84. The molecule has 0 bridgehead atoms. The van der Waals surface area contributed by atoms with Gasteiger partial charge in [-0.25, -0.2) is 4.79 Å². The summed E-state index contributed by atoms with van der Waals surface area (Å²) in [5, 5.41) is 77.0. The Morgan fingerprint density at radius 1 is 0.569 bits per heavy atom. The predicted molar refractivity (Wildman–Crippen MR) is 253 cm³/mol. The monoisotopic (exact) mass is 1010 g/mol. The fourth-order valence-electron chi connectivity index (χ4n) is 7.29. The molecule has 0 aromatic heterocycles. The van der Waals surface area contributed by atoms with Gasteiger partial charge in [0.25, 0.3) is 0 Å². The Kier molecular flexibility index (Phi) is 23.3. The first-order valence-electron chi connectivity index (χ1n) is 23.1. The summed E-state index contributed by atoms with van der Waals surface area (Å²) in [6.45, 7) is 2.78. The number of aliphatic carboxylic acids is 1. The lowest BCUT2D eigenvalue weighted by Crippen LogP contribution is -2.62. The topological polar surface area (TPSA) is 418 Å². The summed E-state index contributed by atoms with van der Waals surface area (Å²) in [4.78, 5) is 133. The molecule has 2 aromatic carbocycles. The number of aliphatic hydroxyl groups is 3. The minimum atomic E-state index is -1.75. The predicted octanol–water partition coefficient (Wildman–Crippen LogP) is -5.14. The van der Waals surface area contributed by atoms with Crippen LogP contribution in [0.25, 0.3) is 0 Å². The number of amides is 9. The lowest BCUT2D eigenvalue weighted by molar-refractivity contribution is -0.143. The van der Waals surface area contributed by atoms with Gasteiger partial charge < -0.3 is 83.8 Å². The number of phenols is 2. The highest BCUT2D eigenvalue weighted by molar-refractivity contribution is 5.98. The van der Waals surface area contributed by atoms with E-state index in [-0.39, 0.29) is 37.3 Å². The number of hydrogen-bond acceptors (Lipinski definition) is 16. The second kappa shape index (κ2) is 28.4. The molecule has 0 spiro atoms. The zero-order valence-electron chi connectivity index (χ0n) is 40.3. The molecule has 1 saturated heterocycles. The first kappa shape index (κ1) is 58.9. The van der Waals surface area contributed by atoms with Gasteiger partial charge in [-0.05, 0) is 68.0 Å². The van der Waals surface area contributed by atoms with Crippen LogP contribution < -0.4 is 48.3 Å². The maximum atomic E-state index is 14.3. The molecule has 72 heavy (non-hydrogen) atoms. The minimum Gasteiger partial charge on any atom is -0.508 e. The maximum Gasteiger partial charge on any atom is 0.328 e. The number of rotatable bonds is 27. The number of nitrogens with zero attached hydrogens (tertiary/aromatic N) is 1. The average Bonchev–Trinajstić information content (AvgIpc) is 3.86. The zero-order valence-corrected chi connectivity index (χ0v) is 40.3. The van der Waals surface area contributed by atoms with Crippen molar-refractivity contribution in [3.63, 3.8) is 0 Å². The number of likely N-dealkylation sites (tertiary alicyclic amines) is 1. The molecular weight excluding hydrogens is 949 g/mol. The van der Waals surface area contributed by atoms with Gasteiger partial charge in [0.1, 0.15) is 65.9 Å². The summed E-state index contributed by atoms with van der Waals surface area (Å²) in [7, 11) is 0. The lowest BCUT2D eigenvalue weighted by Gasteiger charge is -2.29. The third-order valence-electron chi connectivity index (χ3n) is 11.8. The van der Waals surface area contributed by atoms with Gasteiger partial charge in [-0.2, -0.15) is 0 Å². The minimum absolute atomic E-state index is 0.0850. The quantitative estimate of drug-likeness (QED) is 0.0398. The van der Waals surface area contributed by atoms with E-state index in [9.17, 15) is 73.5 Å². The largest absolute Gasteiger partial charge is 0.508 e. The standard InChI is InChI=1S/C46H66N10O16/c1-5-23(2)37(45(70)53-32(20-57)42(67)48-24(3)39(64)52-33(21-58)43(68)54-34(22-59)46(71)72)55-41(66)31(18-27-10-14-29(61)15-11-27)51-40(65)30(17-26-8-12-28(60)13-9-26)50-38(63)25(4)49-44(69)35-7-6-16-56(35)36(62)19-47/h8-15,23-25,30-35,37,57-61H,5-7,16-22,47H2,1-4H3,(H,48,67)(H,49,69)(H,50,63)(H,51,65)(H,52,64)(H,53,70)(H,54,68)(H,55,66)(H,71,72)/t23-,24-,25-,30-,31-,32-,33-,34-,35-,37-/m0/s1. The summed E-state index contributed by atoms with van der Waals surface area (Å²) < 4.78 is 0. The Labute approximate surface area is 414 Å². The molecule has 26 nitrogen and oxygen atoms in total. The normalized spacial score (nSPS) is 16.9. The Morgan fingerprint density at radius 2 is 0.972 bits per heavy atom. The highest BCUT2D eigenvalue weighted by atomic mass is 16.4. The van der Waals surface area contributed by atoms with Crippen LogP contribution in [0.15, 0.2) is 48.5 Å². The maximum absolute atomic E-state index is 14.3. The van der Waals surface area contributed by atoms with E-state index in [0.29, 0.717) is 30.5 Å². The Hall–Kier alpha value is -7.42. The van der Waals surface area contributed by atoms with Crippen molar-refractivity contribution in [3.05, 3.63) is 59.7 Å². The fraction of sp³-hybridized carbons (Fsp3) is 0.522. The van der Waals surface area contributed by atoms with Crippen molar-refractivity contribution in [1.82, 2.24) is 47.4 Å². The summed E-state index contributed by atoms with van der Waals surface area (Å²) in [5.41, 5.74) is 6.41. The van der Waals surface area contributed by atoms with Crippen LogP contribution in [0.1, 0.15) is 58.1 Å². The first-order valence-corrected chi connectivity index (χ1v) is 23.1. The van der Waals surface area contributed by atoms with E-state index < -0.39 is 139 Å². The van der Waals surface area contributed by atoms with Crippen molar-refractivity contribution in [1.29, 1.82) is 0 Å². The second-order valence-electron chi connectivity index (χ2n) is 17.2. The number of aliphatic hydroxyl groups excluding tert-OH is 3. The van der Waals surface area contributed by atoms with Crippen molar-refractivity contribution in [2.24, 2.45) is 11.7 Å². The van der Waals surface area contributed by atoms with Gasteiger partial charge >= 0.3 is 5.97 Å². The molecule has 1 aliphatic heterocycles.